The summed E-state index contributed by atoms with van der Waals surface area (Å²) in [5.74, 6) is 0.170. The number of phenols is 2. The highest BCUT2D eigenvalue weighted by molar-refractivity contribution is 6.02. The molecule has 0 aliphatic heterocycles. The molecule has 0 saturated heterocycles. The van der Waals surface area contributed by atoms with E-state index in [-0.39, 0.29) is 11.5 Å². The molecule has 4 aromatic rings. The molecular formula is C19H12FNO3. The molecule has 4 nitrogen and oxygen atoms in total. The molecule has 0 spiro atoms. The maximum absolute atomic E-state index is 13.6. The first kappa shape index (κ1) is 14.3. The van der Waals surface area contributed by atoms with Gasteiger partial charge in [0.1, 0.15) is 22.8 Å². The summed E-state index contributed by atoms with van der Waals surface area (Å²) in [4.78, 5) is 3.59. The van der Waals surface area contributed by atoms with Gasteiger partial charge in [0.15, 0.2) is 0 Å². The zero-order valence-corrected chi connectivity index (χ0v) is 12.4. The van der Waals surface area contributed by atoms with Gasteiger partial charge in [-0.15, -0.1) is 0 Å². The van der Waals surface area contributed by atoms with Crippen LogP contribution in [0.25, 0.3) is 33.4 Å². The third kappa shape index (κ3) is 2.36. The van der Waals surface area contributed by atoms with Gasteiger partial charge in [0.2, 0.25) is 5.95 Å². The minimum absolute atomic E-state index is 0.0842. The van der Waals surface area contributed by atoms with Crippen LogP contribution in [0.2, 0.25) is 0 Å². The van der Waals surface area contributed by atoms with Crippen LogP contribution < -0.4 is 0 Å². The predicted molar refractivity (Wildman–Crippen MR) is 88.2 cm³/mol. The van der Waals surface area contributed by atoms with Crippen LogP contribution in [-0.4, -0.2) is 15.2 Å². The van der Waals surface area contributed by atoms with Crippen molar-refractivity contribution in [2.75, 3.05) is 0 Å². The van der Waals surface area contributed by atoms with Crippen molar-refractivity contribution in [1.29, 1.82) is 0 Å². The molecule has 24 heavy (non-hydrogen) atoms. The fourth-order valence-corrected chi connectivity index (χ4v) is 2.75. The lowest BCUT2D eigenvalue weighted by molar-refractivity contribution is 0.474. The van der Waals surface area contributed by atoms with E-state index in [2.05, 4.69) is 4.98 Å². The molecule has 5 heteroatoms. The molecule has 0 saturated carbocycles. The SMILES string of the molecule is Oc1ccc(-c2oc3cc(O)ccc3c2-c2ccnc(F)c2)cc1. The number of rotatable bonds is 2. The number of aromatic hydroxyl groups is 2. The van der Waals surface area contributed by atoms with Gasteiger partial charge in [-0.1, -0.05) is 0 Å². The standard InChI is InChI=1S/C19H12FNO3/c20-17-9-12(7-8-21-17)18-15-6-5-14(23)10-16(15)24-19(18)11-1-3-13(22)4-2-11/h1-10,22-23H. The van der Waals surface area contributed by atoms with Crippen LogP contribution in [0.15, 0.2) is 65.2 Å². The third-order valence-electron chi connectivity index (χ3n) is 3.82. The Morgan fingerprint density at radius 2 is 1.58 bits per heavy atom. The van der Waals surface area contributed by atoms with Crippen LogP contribution in [0.5, 0.6) is 11.5 Å². The monoisotopic (exact) mass is 321 g/mol. The Labute approximate surface area is 136 Å². The van der Waals surface area contributed by atoms with Crippen molar-refractivity contribution in [1.82, 2.24) is 4.98 Å². The number of halogens is 1. The summed E-state index contributed by atoms with van der Waals surface area (Å²) in [7, 11) is 0. The second-order valence-corrected chi connectivity index (χ2v) is 5.40. The molecule has 2 N–H and O–H groups in total. The van der Waals surface area contributed by atoms with Gasteiger partial charge in [0.25, 0.3) is 0 Å². The number of nitrogens with zero attached hydrogens (tertiary/aromatic N) is 1. The summed E-state index contributed by atoms with van der Waals surface area (Å²) in [6, 6.07) is 14.4. The number of fused-ring (bicyclic) bond motifs is 1. The van der Waals surface area contributed by atoms with E-state index < -0.39 is 5.95 Å². The third-order valence-corrected chi connectivity index (χ3v) is 3.82. The van der Waals surface area contributed by atoms with E-state index in [9.17, 15) is 14.6 Å². The van der Waals surface area contributed by atoms with Gasteiger partial charge in [-0.05, 0) is 48.0 Å². The highest BCUT2D eigenvalue weighted by Crippen LogP contribution is 2.41. The number of furan rings is 1. The summed E-state index contributed by atoms with van der Waals surface area (Å²) in [5, 5.41) is 19.9. The lowest BCUT2D eigenvalue weighted by Crippen LogP contribution is -1.85. The molecule has 2 heterocycles. The van der Waals surface area contributed by atoms with Crippen LogP contribution >= 0.6 is 0 Å². The zero-order valence-electron chi connectivity index (χ0n) is 12.4. The molecule has 0 fully saturated rings. The van der Waals surface area contributed by atoms with Crippen LogP contribution in [0.4, 0.5) is 4.39 Å². The van der Waals surface area contributed by atoms with E-state index in [1.165, 1.54) is 18.3 Å². The van der Waals surface area contributed by atoms with Gasteiger partial charge >= 0.3 is 0 Å². The minimum atomic E-state index is -0.586. The van der Waals surface area contributed by atoms with Crippen molar-refractivity contribution in [3.63, 3.8) is 0 Å². The maximum atomic E-state index is 13.6. The van der Waals surface area contributed by atoms with Crippen molar-refractivity contribution in [3.8, 4) is 33.9 Å². The smallest absolute Gasteiger partial charge is 0.213 e. The van der Waals surface area contributed by atoms with E-state index in [1.54, 1.807) is 42.5 Å². The van der Waals surface area contributed by atoms with Crippen LogP contribution in [0.1, 0.15) is 0 Å². The average Bonchev–Trinajstić information content (AvgIpc) is 2.94. The molecule has 0 radical (unpaired) electrons. The number of phenolic OH excluding ortho intramolecular Hbond substituents is 2. The molecule has 2 aromatic heterocycles. The van der Waals surface area contributed by atoms with E-state index in [1.807, 2.05) is 0 Å². The average molecular weight is 321 g/mol. The van der Waals surface area contributed by atoms with E-state index >= 15 is 0 Å². The van der Waals surface area contributed by atoms with Gasteiger partial charge in [-0.3, -0.25) is 0 Å². The molecule has 0 aliphatic rings. The van der Waals surface area contributed by atoms with E-state index in [4.69, 9.17) is 4.42 Å². The van der Waals surface area contributed by atoms with Gasteiger partial charge < -0.3 is 14.6 Å². The summed E-state index contributed by atoms with van der Waals surface area (Å²) in [5.41, 5.74) is 2.55. The number of hydrogen-bond acceptors (Lipinski definition) is 4. The van der Waals surface area contributed by atoms with Gasteiger partial charge in [-0.25, -0.2) is 4.98 Å². The molecule has 2 aromatic carbocycles. The van der Waals surface area contributed by atoms with Crippen molar-refractivity contribution < 1.29 is 19.0 Å². The first-order valence-corrected chi connectivity index (χ1v) is 7.29. The van der Waals surface area contributed by atoms with Gasteiger partial charge in [-0.2, -0.15) is 4.39 Å². The normalized spacial score (nSPS) is 11.0. The van der Waals surface area contributed by atoms with E-state index in [0.29, 0.717) is 22.5 Å². The van der Waals surface area contributed by atoms with Crippen molar-refractivity contribution in [2.45, 2.75) is 0 Å². The van der Waals surface area contributed by atoms with Crippen LogP contribution in [0.3, 0.4) is 0 Å². The second kappa shape index (κ2) is 5.38. The topological polar surface area (TPSA) is 66.5 Å². The molecular weight excluding hydrogens is 309 g/mol. The summed E-state index contributed by atoms with van der Waals surface area (Å²) in [6.45, 7) is 0. The van der Waals surface area contributed by atoms with Crippen molar-refractivity contribution in [3.05, 3.63) is 66.7 Å². The summed E-state index contributed by atoms with van der Waals surface area (Å²) < 4.78 is 19.5. The minimum Gasteiger partial charge on any atom is -0.508 e. The van der Waals surface area contributed by atoms with Gasteiger partial charge in [0.05, 0.1) is 0 Å². The molecule has 4 rings (SSSR count). The molecule has 0 unspecified atom stereocenters. The largest absolute Gasteiger partial charge is 0.508 e. The number of pyridine rings is 1. The van der Waals surface area contributed by atoms with Crippen LogP contribution in [-0.2, 0) is 0 Å². The maximum Gasteiger partial charge on any atom is 0.213 e. The zero-order chi connectivity index (χ0) is 16.7. The Bertz CT molecular complexity index is 1040. The summed E-state index contributed by atoms with van der Waals surface area (Å²) in [6.07, 6.45) is 1.39. The lowest BCUT2D eigenvalue weighted by Gasteiger charge is -2.04. The molecule has 0 amide bonds. The Hall–Kier alpha value is -3.34. The molecule has 118 valence electrons. The lowest BCUT2D eigenvalue weighted by atomic mass is 9.99. The Kier molecular flexibility index (Phi) is 3.20. The molecule has 0 aliphatic carbocycles. The number of hydrogen-bond donors (Lipinski definition) is 2. The van der Waals surface area contributed by atoms with Gasteiger partial charge in [0, 0.05) is 34.8 Å². The number of benzene rings is 2. The highest BCUT2D eigenvalue weighted by atomic mass is 19.1. The summed E-state index contributed by atoms with van der Waals surface area (Å²) >= 11 is 0. The Morgan fingerprint density at radius 1 is 0.833 bits per heavy atom. The Balaban J connectivity index is 2.05. The fourth-order valence-electron chi connectivity index (χ4n) is 2.75. The molecule has 0 bridgehead atoms. The first-order chi connectivity index (χ1) is 11.6. The highest BCUT2D eigenvalue weighted by Gasteiger charge is 2.18. The fraction of sp³-hybridized carbons (Fsp3) is 0. The number of aromatic nitrogens is 1. The first-order valence-electron chi connectivity index (χ1n) is 7.29. The quantitative estimate of drug-likeness (QED) is 0.525. The van der Waals surface area contributed by atoms with E-state index in [0.717, 1.165) is 10.9 Å². The Morgan fingerprint density at radius 3 is 2.33 bits per heavy atom. The second-order valence-electron chi connectivity index (χ2n) is 5.40. The van der Waals surface area contributed by atoms with Crippen LogP contribution in [0, 0.1) is 5.95 Å². The van der Waals surface area contributed by atoms with Crippen molar-refractivity contribution >= 4 is 11.0 Å². The predicted octanol–water partition coefficient (Wildman–Crippen LogP) is 4.71. The molecule has 0 atom stereocenters. The van der Waals surface area contributed by atoms with Crippen molar-refractivity contribution in [2.24, 2.45) is 0 Å².